The maximum Gasteiger partial charge on any atom is 0.265 e. The Morgan fingerprint density at radius 1 is 0.897 bits per heavy atom. The van der Waals surface area contributed by atoms with Gasteiger partial charge in [0.25, 0.3) is 11.8 Å². The van der Waals surface area contributed by atoms with Crippen LogP contribution in [0.1, 0.15) is 37.6 Å². The van der Waals surface area contributed by atoms with Crippen LogP contribution in [-0.2, 0) is 4.79 Å². The Hall–Kier alpha value is -4.40. The molecule has 0 saturated carbocycles. The predicted molar refractivity (Wildman–Crippen MR) is 149 cm³/mol. The van der Waals surface area contributed by atoms with Gasteiger partial charge in [0.1, 0.15) is 11.5 Å². The third kappa shape index (κ3) is 6.93. The Labute approximate surface area is 228 Å². The van der Waals surface area contributed by atoms with Gasteiger partial charge >= 0.3 is 0 Å². The lowest BCUT2D eigenvalue weighted by atomic mass is 10.1. The maximum absolute atomic E-state index is 13.3. The summed E-state index contributed by atoms with van der Waals surface area (Å²) in [6, 6.07) is 18.0. The predicted octanol–water partition coefficient (Wildman–Crippen LogP) is 5.33. The van der Waals surface area contributed by atoms with E-state index in [4.69, 9.17) is 23.7 Å². The number of hydrogen-bond donors (Lipinski definition) is 1. The number of fused-ring (bicyclic) bond motifs is 1. The Morgan fingerprint density at radius 3 is 2.26 bits per heavy atom. The van der Waals surface area contributed by atoms with Crippen LogP contribution in [0, 0.1) is 0 Å². The Balaban J connectivity index is 1.50. The van der Waals surface area contributed by atoms with Crippen LogP contribution in [0.3, 0.4) is 0 Å². The molecule has 206 valence electrons. The normalized spacial score (nSPS) is 12.3. The first-order chi connectivity index (χ1) is 19.0. The van der Waals surface area contributed by atoms with Crippen LogP contribution in [0.4, 0.5) is 11.4 Å². The van der Waals surface area contributed by atoms with Gasteiger partial charge in [0.2, 0.25) is 5.75 Å². The molecule has 0 saturated heterocycles. The number of nitrogens with zero attached hydrogens (tertiary/aromatic N) is 1. The minimum Gasteiger partial charge on any atom is -0.494 e. The summed E-state index contributed by atoms with van der Waals surface area (Å²) in [5, 5.41) is 2.91. The van der Waals surface area contributed by atoms with Crippen molar-refractivity contribution in [2.75, 3.05) is 49.8 Å². The van der Waals surface area contributed by atoms with Gasteiger partial charge in [-0.25, -0.2) is 0 Å². The Bertz CT molecular complexity index is 1250. The van der Waals surface area contributed by atoms with Crippen LogP contribution in [-0.4, -0.2) is 51.4 Å². The highest BCUT2D eigenvalue weighted by Gasteiger charge is 2.26. The fourth-order valence-corrected chi connectivity index (χ4v) is 4.18. The van der Waals surface area contributed by atoms with Crippen LogP contribution < -0.4 is 33.9 Å². The Morgan fingerprint density at radius 2 is 1.59 bits per heavy atom. The molecule has 1 N–H and O–H groups in total. The van der Waals surface area contributed by atoms with Crippen molar-refractivity contribution in [3.8, 4) is 28.7 Å². The summed E-state index contributed by atoms with van der Waals surface area (Å²) in [7, 11) is 0. The highest BCUT2D eigenvalue weighted by Crippen LogP contribution is 2.40. The minimum absolute atomic E-state index is 0.0369. The number of hydrogen-bond acceptors (Lipinski definition) is 7. The number of anilines is 2. The zero-order valence-electron chi connectivity index (χ0n) is 22.5. The van der Waals surface area contributed by atoms with Crippen molar-refractivity contribution in [1.82, 2.24) is 0 Å². The molecule has 1 aliphatic heterocycles. The van der Waals surface area contributed by atoms with Crippen LogP contribution in [0.25, 0.3) is 0 Å². The van der Waals surface area contributed by atoms with E-state index in [0.29, 0.717) is 79.3 Å². The van der Waals surface area contributed by atoms with E-state index in [1.54, 1.807) is 35.2 Å². The number of benzene rings is 3. The first-order valence-electron chi connectivity index (χ1n) is 13.2. The molecule has 0 radical (unpaired) electrons. The number of ether oxygens (including phenoxy) is 5. The Kier molecular flexibility index (Phi) is 9.50. The van der Waals surface area contributed by atoms with Gasteiger partial charge < -0.3 is 33.9 Å². The molecule has 1 heterocycles. The summed E-state index contributed by atoms with van der Waals surface area (Å²) >= 11 is 0. The summed E-state index contributed by atoms with van der Waals surface area (Å²) < 4.78 is 28.6. The topological polar surface area (TPSA) is 95.6 Å². The smallest absolute Gasteiger partial charge is 0.265 e. The van der Waals surface area contributed by atoms with Crippen molar-refractivity contribution in [3.05, 3.63) is 66.2 Å². The number of amides is 2. The molecule has 4 rings (SSSR count). The lowest BCUT2D eigenvalue weighted by Gasteiger charge is -2.30. The first kappa shape index (κ1) is 27.6. The molecule has 0 spiro atoms. The van der Waals surface area contributed by atoms with E-state index in [2.05, 4.69) is 5.32 Å². The van der Waals surface area contributed by atoms with Gasteiger partial charge in [0, 0.05) is 17.8 Å². The van der Waals surface area contributed by atoms with E-state index in [9.17, 15) is 9.59 Å². The van der Waals surface area contributed by atoms with E-state index in [1.807, 2.05) is 51.1 Å². The molecule has 0 bridgehead atoms. The number of rotatable bonds is 13. The van der Waals surface area contributed by atoms with Crippen LogP contribution in [0.5, 0.6) is 28.7 Å². The summed E-state index contributed by atoms with van der Waals surface area (Å²) in [5.74, 6) is 2.19. The van der Waals surface area contributed by atoms with Gasteiger partial charge in [-0.1, -0.05) is 18.2 Å². The highest BCUT2D eigenvalue weighted by molar-refractivity contribution is 6.06. The van der Waals surface area contributed by atoms with Gasteiger partial charge in [-0.15, -0.1) is 0 Å². The zero-order chi connectivity index (χ0) is 27.6. The van der Waals surface area contributed by atoms with Crippen molar-refractivity contribution in [2.24, 2.45) is 0 Å². The summed E-state index contributed by atoms with van der Waals surface area (Å²) in [5.41, 5.74) is 1.47. The fraction of sp³-hybridized carbons (Fsp3) is 0.333. The van der Waals surface area contributed by atoms with Gasteiger partial charge in [-0.2, -0.15) is 0 Å². The van der Waals surface area contributed by atoms with Crippen molar-refractivity contribution in [2.45, 2.75) is 27.2 Å². The lowest BCUT2D eigenvalue weighted by molar-refractivity contribution is -0.121. The van der Waals surface area contributed by atoms with Gasteiger partial charge in [-0.05, 0) is 69.7 Å². The number of carbonyl (C=O) groups excluding carboxylic acids is 2. The van der Waals surface area contributed by atoms with Gasteiger partial charge in [-0.3, -0.25) is 9.59 Å². The zero-order valence-corrected chi connectivity index (χ0v) is 22.5. The second-order valence-corrected chi connectivity index (χ2v) is 8.59. The quantitative estimate of drug-likeness (QED) is 0.296. The molecule has 9 nitrogen and oxygen atoms in total. The molecular formula is C30H34N2O7. The van der Waals surface area contributed by atoms with E-state index in [1.165, 1.54) is 0 Å². The van der Waals surface area contributed by atoms with Crippen LogP contribution in [0.15, 0.2) is 60.7 Å². The summed E-state index contributed by atoms with van der Waals surface area (Å²) in [6.07, 6.45) is 0.628. The molecule has 0 unspecified atom stereocenters. The molecule has 1 aliphatic rings. The largest absolute Gasteiger partial charge is 0.494 e. The van der Waals surface area contributed by atoms with E-state index >= 15 is 0 Å². The molecule has 3 aromatic carbocycles. The average molecular weight is 535 g/mol. The number of carbonyl (C=O) groups is 2. The van der Waals surface area contributed by atoms with Gasteiger partial charge in [0.05, 0.1) is 32.1 Å². The number of nitrogens with one attached hydrogen (secondary N) is 1. The standard InChI is InChI=1S/C30H34N2O7/c1-4-35-26-17-21(18-27(36-5-2)29(26)37-6-3)30(34)31-22-13-14-25-24(19-22)32(28(33)20-39-25)15-10-16-38-23-11-8-7-9-12-23/h7-9,11-14,17-19H,4-6,10,15-16,20H2,1-3H3,(H,31,34). The second kappa shape index (κ2) is 13.4. The summed E-state index contributed by atoms with van der Waals surface area (Å²) in [4.78, 5) is 27.6. The fourth-order valence-electron chi connectivity index (χ4n) is 4.18. The van der Waals surface area contributed by atoms with Crippen LogP contribution >= 0.6 is 0 Å². The molecule has 9 heteroatoms. The maximum atomic E-state index is 13.3. The molecule has 0 fully saturated rings. The third-order valence-corrected chi connectivity index (χ3v) is 5.87. The van der Waals surface area contributed by atoms with Crippen molar-refractivity contribution >= 4 is 23.2 Å². The van der Waals surface area contributed by atoms with Crippen molar-refractivity contribution < 1.29 is 33.3 Å². The van der Waals surface area contributed by atoms with Crippen LogP contribution in [0.2, 0.25) is 0 Å². The van der Waals surface area contributed by atoms with E-state index in [0.717, 1.165) is 5.75 Å². The van der Waals surface area contributed by atoms with E-state index in [-0.39, 0.29) is 18.4 Å². The highest BCUT2D eigenvalue weighted by atomic mass is 16.5. The lowest BCUT2D eigenvalue weighted by Crippen LogP contribution is -2.39. The second-order valence-electron chi connectivity index (χ2n) is 8.59. The minimum atomic E-state index is -0.356. The molecule has 0 atom stereocenters. The molecule has 0 aliphatic carbocycles. The monoisotopic (exact) mass is 534 g/mol. The number of para-hydroxylation sites is 1. The van der Waals surface area contributed by atoms with Gasteiger partial charge in [0.15, 0.2) is 18.1 Å². The molecular weight excluding hydrogens is 500 g/mol. The molecule has 0 aromatic heterocycles. The molecule has 3 aromatic rings. The molecule has 2 amide bonds. The average Bonchev–Trinajstić information content (AvgIpc) is 2.94. The SMILES string of the molecule is CCOc1cc(C(=O)Nc2ccc3c(c2)N(CCCOc2ccccc2)C(=O)CO3)cc(OCC)c1OCC. The third-order valence-electron chi connectivity index (χ3n) is 5.87. The van der Waals surface area contributed by atoms with E-state index < -0.39 is 0 Å². The van der Waals surface area contributed by atoms with Crippen molar-refractivity contribution in [3.63, 3.8) is 0 Å². The van der Waals surface area contributed by atoms with Crippen molar-refractivity contribution in [1.29, 1.82) is 0 Å². The summed E-state index contributed by atoms with van der Waals surface area (Å²) in [6.45, 7) is 7.70. The molecule has 39 heavy (non-hydrogen) atoms. The first-order valence-corrected chi connectivity index (χ1v) is 13.2.